The number of fused-ring (bicyclic) bond motifs is 1. The Bertz CT molecular complexity index is 511. The smallest absolute Gasteiger partial charge is 0.323 e. The maximum atomic E-state index is 10.0. The van der Waals surface area contributed by atoms with Gasteiger partial charge in [0.1, 0.15) is 0 Å². The van der Waals surface area contributed by atoms with Crippen LogP contribution in [0.2, 0.25) is 0 Å². The van der Waals surface area contributed by atoms with Gasteiger partial charge in [-0.25, -0.2) is 5.84 Å². The number of nitrogens with two attached hydrogens (primary N) is 1. The fraction of sp³-hybridized carbons (Fsp3) is 0.769. The largest absolute Gasteiger partial charge is 0.461 e. The van der Waals surface area contributed by atoms with Crippen LogP contribution in [0.25, 0.3) is 0 Å². The lowest BCUT2D eigenvalue weighted by Crippen LogP contribution is -2.27. The number of aliphatic hydroxyl groups is 1. The van der Waals surface area contributed by atoms with Crippen molar-refractivity contribution in [3.63, 3.8) is 0 Å². The molecule has 0 spiro atoms. The van der Waals surface area contributed by atoms with E-state index in [1.54, 1.807) is 0 Å². The van der Waals surface area contributed by atoms with Crippen molar-refractivity contribution in [2.45, 2.75) is 38.9 Å². The predicted octanol–water partition coefficient (Wildman–Crippen LogP) is 0.152. The van der Waals surface area contributed by atoms with Crippen LogP contribution in [-0.2, 0) is 0 Å². The molecular formula is C13H22N6O2. The van der Waals surface area contributed by atoms with Crippen LogP contribution in [0.4, 0.5) is 11.9 Å². The minimum atomic E-state index is -0.208. The average molecular weight is 294 g/mol. The van der Waals surface area contributed by atoms with E-state index in [0.29, 0.717) is 17.8 Å². The zero-order valence-corrected chi connectivity index (χ0v) is 12.4. The summed E-state index contributed by atoms with van der Waals surface area (Å²) in [6.07, 6.45) is 1.73. The van der Waals surface area contributed by atoms with Gasteiger partial charge in [-0.2, -0.15) is 15.0 Å². The molecule has 0 amide bonds. The van der Waals surface area contributed by atoms with Crippen molar-refractivity contribution in [3.05, 3.63) is 0 Å². The van der Waals surface area contributed by atoms with Crippen LogP contribution >= 0.6 is 0 Å². The van der Waals surface area contributed by atoms with Crippen LogP contribution < -0.4 is 20.9 Å². The highest BCUT2D eigenvalue weighted by Gasteiger charge is 2.42. The first kappa shape index (κ1) is 14.3. The van der Waals surface area contributed by atoms with E-state index in [4.69, 9.17) is 10.6 Å². The van der Waals surface area contributed by atoms with Gasteiger partial charge in [0.2, 0.25) is 11.9 Å². The molecular weight excluding hydrogens is 272 g/mol. The number of aromatic nitrogens is 3. The molecule has 8 heteroatoms. The Labute approximate surface area is 123 Å². The maximum absolute atomic E-state index is 10.0. The number of hydrogen-bond donors (Lipinski definition) is 3. The molecule has 1 aliphatic heterocycles. The number of nitrogen functional groups attached to an aromatic ring is 1. The van der Waals surface area contributed by atoms with Gasteiger partial charge in [-0.1, -0.05) is 0 Å². The van der Waals surface area contributed by atoms with Crippen molar-refractivity contribution in [3.8, 4) is 6.01 Å². The molecule has 0 radical (unpaired) electrons. The molecule has 3 atom stereocenters. The normalized spacial score (nSPS) is 28.0. The first-order chi connectivity index (χ1) is 10.1. The maximum Gasteiger partial charge on any atom is 0.323 e. The Kier molecular flexibility index (Phi) is 3.81. The minimum Gasteiger partial charge on any atom is -0.461 e. The number of nitrogens with zero attached hydrogens (tertiary/aromatic N) is 4. The van der Waals surface area contributed by atoms with E-state index in [1.807, 2.05) is 13.8 Å². The van der Waals surface area contributed by atoms with E-state index in [9.17, 15) is 5.11 Å². The summed E-state index contributed by atoms with van der Waals surface area (Å²) in [5, 5.41) is 10.0. The summed E-state index contributed by atoms with van der Waals surface area (Å²) in [6.45, 7) is 5.45. The van der Waals surface area contributed by atoms with Gasteiger partial charge in [0, 0.05) is 19.0 Å². The highest BCUT2D eigenvalue weighted by molar-refractivity contribution is 5.39. The number of ether oxygens (including phenoxy) is 1. The topological polar surface area (TPSA) is 109 Å². The molecule has 1 saturated heterocycles. The highest BCUT2D eigenvalue weighted by atomic mass is 16.5. The number of anilines is 2. The summed E-state index contributed by atoms with van der Waals surface area (Å²) in [6, 6.07) is 0.264. The van der Waals surface area contributed by atoms with E-state index in [1.165, 1.54) is 0 Å². The molecule has 21 heavy (non-hydrogen) atoms. The molecule has 8 nitrogen and oxygen atoms in total. The van der Waals surface area contributed by atoms with Gasteiger partial charge in [-0.3, -0.25) is 5.43 Å². The third-order valence-electron chi connectivity index (χ3n) is 4.18. The van der Waals surface area contributed by atoms with Gasteiger partial charge in [0.05, 0.1) is 12.2 Å². The summed E-state index contributed by atoms with van der Waals surface area (Å²) in [5.74, 6) is 7.08. The molecule has 1 saturated carbocycles. The average Bonchev–Trinajstić information content (AvgIpc) is 3.00. The van der Waals surface area contributed by atoms with Crippen molar-refractivity contribution in [2.24, 2.45) is 17.7 Å². The minimum absolute atomic E-state index is 0.0225. The van der Waals surface area contributed by atoms with Crippen molar-refractivity contribution < 1.29 is 9.84 Å². The van der Waals surface area contributed by atoms with E-state index < -0.39 is 0 Å². The van der Waals surface area contributed by atoms with Crippen molar-refractivity contribution in [1.29, 1.82) is 0 Å². The first-order valence-corrected chi connectivity index (χ1v) is 7.39. The van der Waals surface area contributed by atoms with Crippen LogP contribution in [-0.4, -0.2) is 45.4 Å². The van der Waals surface area contributed by atoms with Gasteiger partial charge in [-0.05, 0) is 32.6 Å². The molecule has 0 bridgehead atoms. The molecule has 1 aliphatic carbocycles. The summed E-state index contributed by atoms with van der Waals surface area (Å²) >= 11 is 0. The van der Waals surface area contributed by atoms with Crippen molar-refractivity contribution in [1.82, 2.24) is 15.0 Å². The summed E-state index contributed by atoms with van der Waals surface area (Å²) in [4.78, 5) is 14.8. The number of aliphatic hydroxyl groups excluding tert-OH is 1. The molecule has 1 aromatic rings. The first-order valence-electron chi connectivity index (χ1n) is 7.39. The lowest BCUT2D eigenvalue weighted by molar-refractivity contribution is 0.133. The van der Waals surface area contributed by atoms with E-state index in [2.05, 4.69) is 25.3 Å². The van der Waals surface area contributed by atoms with Crippen LogP contribution in [0.3, 0.4) is 0 Å². The van der Waals surface area contributed by atoms with Gasteiger partial charge >= 0.3 is 6.01 Å². The van der Waals surface area contributed by atoms with Gasteiger partial charge in [-0.15, -0.1) is 0 Å². The Morgan fingerprint density at radius 2 is 2.10 bits per heavy atom. The third-order valence-corrected chi connectivity index (χ3v) is 4.18. The van der Waals surface area contributed by atoms with Crippen LogP contribution in [0.15, 0.2) is 0 Å². The molecule has 0 aromatic carbocycles. The van der Waals surface area contributed by atoms with Crippen LogP contribution in [0, 0.1) is 11.8 Å². The zero-order valence-electron chi connectivity index (χ0n) is 12.4. The lowest BCUT2D eigenvalue weighted by Gasteiger charge is -2.19. The fourth-order valence-electron chi connectivity index (χ4n) is 3.22. The Hall–Kier alpha value is -1.67. The van der Waals surface area contributed by atoms with Crippen molar-refractivity contribution >= 4 is 11.9 Å². The second-order valence-corrected chi connectivity index (χ2v) is 6.03. The van der Waals surface area contributed by atoms with Gasteiger partial charge < -0.3 is 14.7 Å². The summed E-state index contributed by atoms with van der Waals surface area (Å²) in [7, 11) is 0. The predicted molar refractivity (Wildman–Crippen MR) is 77.8 cm³/mol. The number of rotatable bonds is 4. The number of nitrogens with one attached hydrogen (secondary N) is 1. The Balaban J connectivity index is 1.81. The lowest BCUT2D eigenvalue weighted by atomic mass is 10.00. The Morgan fingerprint density at radius 1 is 1.29 bits per heavy atom. The van der Waals surface area contributed by atoms with Crippen LogP contribution in [0.5, 0.6) is 6.01 Å². The molecule has 3 rings (SSSR count). The molecule has 2 aliphatic rings. The quantitative estimate of drug-likeness (QED) is 0.532. The Morgan fingerprint density at radius 3 is 2.76 bits per heavy atom. The van der Waals surface area contributed by atoms with Gasteiger partial charge in [0.25, 0.3) is 0 Å². The molecule has 2 heterocycles. The number of hydrazine groups is 1. The second-order valence-electron chi connectivity index (χ2n) is 6.03. The molecule has 2 fully saturated rings. The van der Waals surface area contributed by atoms with E-state index >= 15 is 0 Å². The molecule has 3 unspecified atom stereocenters. The van der Waals surface area contributed by atoms with E-state index in [-0.39, 0.29) is 24.2 Å². The van der Waals surface area contributed by atoms with Crippen molar-refractivity contribution in [2.75, 3.05) is 23.4 Å². The summed E-state index contributed by atoms with van der Waals surface area (Å²) in [5.41, 5.74) is 2.45. The van der Waals surface area contributed by atoms with Crippen LogP contribution in [0.1, 0.15) is 26.7 Å². The van der Waals surface area contributed by atoms with E-state index in [0.717, 1.165) is 25.9 Å². The number of hydrogen-bond acceptors (Lipinski definition) is 8. The standard InChI is InChI=1S/C13H22N6O2/c1-7(2)21-13-16-11(18-14)15-12(17-13)19-5-8-3-4-10(20)9(8)6-19/h7-10,20H,3-6,14H2,1-2H3,(H,15,16,17,18). The zero-order chi connectivity index (χ0) is 15.0. The summed E-state index contributed by atoms with van der Waals surface area (Å²) < 4.78 is 5.54. The third kappa shape index (κ3) is 2.86. The molecule has 4 N–H and O–H groups in total. The molecule has 116 valence electrons. The second kappa shape index (κ2) is 5.61. The monoisotopic (exact) mass is 294 g/mol. The molecule has 1 aromatic heterocycles. The SMILES string of the molecule is CC(C)Oc1nc(NN)nc(N2CC3CCC(O)C3C2)n1. The fourth-order valence-corrected chi connectivity index (χ4v) is 3.22. The highest BCUT2D eigenvalue weighted by Crippen LogP contribution is 2.39. The van der Waals surface area contributed by atoms with Gasteiger partial charge in [0.15, 0.2) is 0 Å².